The first-order valence-electron chi connectivity index (χ1n) is 6.20. The Bertz CT molecular complexity index is 640. The molecule has 5 nitrogen and oxygen atoms in total. The quantitative estimate of drug-likeness (QED) is 0.942. The van der Waals surface area contributed by atoms with Crippen molar-refractivity contribution in [3.8, 4) is 6.01 Å². The van der Waals surface area contributed by atoms with E-state index in [1.54, 1.807) is 0 Å². The van der Waals surface area contributed by atoms with Gasteiger partial charge in [0, 0.05) is 18.9 Å². The molecule has 0 aliphatic rings. The molecule has 0 aliphatic heterocycles. The molecule has 0 saturated carbocycles. The summed E-state index contributed by atoms with van der Waals surface area (Å²) in [5.41, 5.74) is 0.0506. The highest BCUT2D eigenvalue weighted by Gasteiger charge is 2.29. The standard InChI is InChI=1S/C14H12F3N3O2/c1-22-13-19-7-10(8-20-13)12(21)18-6-9-2-4-11(5-3-9)14(15,16)17/h2-5,7-8H,6H2,1H3,(H,18,21). The van der Waals surface area contributed by atoms with Crippen LogP contribution in [0.4, 0.5) is 13.2 Å². The Morgan fingerprint density at radius 3 is 2.27 bits per heavy atom. The number of methoxy groups -OCH3 is 1. The molecule has 1 aromatic carbocycles. The number of alkyl halides is 3. The molecule has 1 heterocycles. The van der Waals surface area contributed by atoms with E-state index in [4.69, 9.17) is 4.74 Å². The van der Waals surface area contributed by atoms with Crippen LogP contribution in [0.2, 0.25) is 0 Å². The maximum Gasteiger partial charge on any atom is 0.416 e. The van der Waals surface area contributed by atoms with E-state index in [0.717, 1.165) is 12.1 Å². The Morgan fingerprint density at radius 2 is 1.77 bits per heavy atom. The number of halogens is 3. The summed E-state index contributed by atoms with van der Waals surface area (Å²) in [6.07, 6.45) is -1.77. The molecule has 1 amide bonds. The molecule has 8 heteroatoms. The number of ether oxygens (including phenoxy) is 1. The van der Waals surface area contributed by atoms with Crippen LogP contribution in [-0.4, -0.2) is 23.0 Å². The van der Waals surface area contributed by atoms with Gasteiger partial charge in [-0.25, -0.2) is 9.97 Å². The van der Waals surface area contributed by atoms with Crippen molar-refractivity contribution >= 4 is 5.91 Å². The van der Waals surface area contributed by atoms with Gasteiger partial charge in [0.05, 0.1) is 18.2 Å². The highest BCUT2D eigenvalue weighted by Crippen LogP contribution is 2.29. The van der Waals surface area contributed by atoms with Gasteiger partial charge in [-0.15, -0.1) is 0 Å². The maximum absolute atomic E-state index is 12.4. The second-order valence-electron chi connectivity index (χ2n) is 4.34. The van der Waals surface area contributed by atoms with Crippen molar-refractivity contribution in [2.24, 2.45) is 0 Å². The minimum absolute atomic E-state index is 0.100. The van der Waals surface area contributed by atoms with E-state index in [1.165, 1.54) is 31.6 Å². The van der Waals surface area contributed by atoms with E-state index in [2.05, 4.69) is 15.3 Å². The van der Waals surface area contributed by atoms with Crippen LogP contribution >= 0.6 is 0 Å². The highest BCUT2D eigenvalue weighted by atomic mass is 19.4. The monoisotopic (exact) mass is 311 g/mol. The Labute approximate surface area is 124 Å². The number of rotatable bonds is 4. The van der Waals surface area contributed by atoms with Crippen LogP contribution in [0.1, 0.15) is 21.5 Å². The Kier molecular flexibility index (Phi) is 4.59. The summed E-state index contributed by atoms with van der Waals surface area (Å²) in [6.45, 7) is 0.100. The number of hydrogen-bond acceptors (Lipinski definition) is 4. The molecule has 0 saturated heterocycles. The van der Waals surface area contributed by atoms with E-state index in [9.17, 15) is 18.0 Å². The van der Waals surface area contributed by atoms with Gasteiger partial charge in [0.2, 0.25) is 0 Å². The second kappa shape index (κ2) is 6.42. The minimum Gasteiger partial charge on any atom is -0.467 e. The summed E-state index contributed by atoms with van der Waals surface area (Å²) in [6, 6.07) is 4.70. The molecule has 0 bridgehead atoms. The third-order valence-corrected chi connectivity index (χ3v) is 2.81. The normalized spacial score (nSPS) is 11.1. The zero-order chi connectivity index (χ0) is 16.2. The third-order valence-electron chi connectivity index (χ3n) is 2.81. The zero-order valence-electron chi connectivity index (χ0n) is 11.5. The van der Waals surface area contributed by atoms with Crippen LogP contribution in [0, 0.1) is 0 Å². The van der Waals surface area contributed by atoms with Crippen LogP contribution in [0.3, 0.4) is 0 Å². The molecule has 2 aromatic rings. The first kappa shape index (κ1) is 15.7. The molecule has 116 valence electrons. The number of carbonyl (C=O) groups excluding carboxylic acids is 1. The van der Waals surface area contributed by atoms with Crippen molar-refractivity contribution in [2.45, 2.75) is 12.7 Å². The molecule has 22 heavy (non-hydrogen) atoms. The van der Waals surface area contributed by atoms with E-state index < -0.39 is 17.6 Å². The van der Waals surface area contributed by atoms with Gasteiger partial charge in [0.25, 0.3) is 5.91 Å². The smallest absolute Gasteiger partial charge is 0.416 e. The number of aromatic nitrogens is 2. The summed E-state index contributed by atoms with van der Waals surface area (Å²) in [7, 11) is 1.40. The summed E-state index contributed by atoms with van der Waals surface area (Å²) >= 11 is 0. The third kappa shape index (κ3) is 3.94. The molecule has 0 unspecified atom stereocenters. The Morgan fingerprint density at radius 1 is 1.18 bits per heavy atom. The predicted molar refractivity (Wildman–Crippen MR) is 71.2 cm³/mol. The number of nitrogens with zero attached hydrogens (tertiary/aromatic N) is 2. The van der Waals surface area contributed by atoms with E-state index >= 15 is 0 Å². The highest BCUT2D eigenvalue weighted by molar-refractivity contribution is 5.93. The topological polar surface area (TPSA) is 64.1 Å². The van der Waals surface area contributed by atoms with Gasteiger partial charge in [-0.05, 0) is 17.7 Å². The molecule has 0 atom stereocenters. The lowest BCUT2D eigenvalue weighted by atomic mass is 10.1. The van der Waals surface area contributed by atoms with Gasteiger partial charge < -0.3 is 10.1 Å². The number of carbonyl (C=O) groups is 1. The Balaban J connectivity index is 1.95. The zero-order valence-corrected chi connectivity index (χ0v) is 11.5. The predicted octanol–water partition coefficient (Wildman–Crippen LogP) is 2.43. The van der Waals surface area contributed by atoms with Crippen molar-refractivity contribution in [3.63, 3.8) is 0 Å². The molecule has 0 fully saturated rings. The van der Waals surface area contributed by atoms with Crippen molar-refractivity contribution in [3.05, 3.63) is 53.3 Å². The van der Waals surface area contributed by atoms with Crippen molar-refractivity contribution < 1.29 is 22.7 Å². The van der Waals surface area contributed by atoms with Gasteiger partial charge in [-0.3, -0.25) is 4.79 Å². The van der Waals surface area contributed by atoms with Gasteiger partial charge in [0.1, 0.15) is 0 Å². The largest absolute Gasteiger partial charge is 0.467 e. The van der Waals surface area contributed by atoms with Crippen molar-refractivity contribution in [1.82, 2.24) is 15.3 Å². The lowest BCUT2D eigenvalue weighted by Gasteiger charge is -2.08. The lowest BCUT2D eigenvalue weighted by Crippen LogP contribution is -2.23. The minimum atomic E-state index is -4.37. The molecule has 2 rings (SSSR count). The van der Waals surface area contributed by atoms with E-state index in [-0.39, 0.29) is 18.1 Å². The molecule has 1 aromatic heterocycles. The maximum atomic E-state index is 12.4. The fraction of sp³-hybridized carbons (Fsp3) is 0.214. The van der Waals surface area contributed by atoms with Crippen LogP contribution in [0.5, 0.6) is 6.01 Å². The molecule has 0 aliphatic carbocycles. The average molecular weight is 311 g/mol. The van der Waals surface area contributed by atoms with Gasteiger partial charge in [-0.2, -0.15) is 13.2 Å². The van der Waals surface area contributed by atoms with Gasteiger partial charge >= 0.3 is 12.2 Å². The van der Waals surface area contributed by atoms with Crippen LogP contribution in [0.15, 0.2) is 36.7 Å². The van der Waals surface area contributed by atoms with Gasteiger partial charge in [0.15, 0.2) is 0 Å². The van der Waals surface area contributed by atoms with Gasteiger partial charge in [-0.1, -0.05) is 12.1 Å². The fourth-order valence-electron chi connectivity index (χ4n) is 1.63. The molecule has 1 N–H and O–H groups in total. The lowest BCUT2D eigenvalue weighted by molar-refractivity contribution is -0.137. The average Bonchev–Trinajstić information content (AvgIpc) is 2.52. The molecular formula is C14H12F3N3O2. The molecule has 0 spiro atoms. The molecule has 0 radical (unpaired) electrons. The van der Waals surface area contributed by atoms with Crippen LogP contribution < -0.4 is 10.1 Å². The number of benzene rings is 1. The summed E-state index contributed by atoms with van der Waals surface area (Å²) in [5, 5.41) is 2.57. The number of amides is 1. The number of nitrogens with one attached hydrogen (secondary N) is 1. The molecular weight excluding hydrogens is 299 g/mol. The summed E-state index contributed by atoms with van der Waals surface area (Å²) in [4.78, 5) is 19.4. The first-order valence-corrected chi connectivity index (χ1v) is 6.20. The van der Waals surface area contributed by atoms with Crippen LogP contribution in [0.25, 0.3) is 0 Å². The number of hydrogen-bond donors (Lipinski definition) is 1. The SMILES string of the molecule is COc1ncc(C(=O)NCc2ccc(C(F)(F)F)cc2)cn1. The summed E-state index contributed by atoms with van der Waals surface area (Å²) < 4.78 is 42.0. The van der Waals surface area contributed by atoms with Crippen molar-refractivity contribution in [2.75, 3.05) is 7.11 Å². The Hall–Kier alpha value is -2.64. The summed E-state index contributed by atoms with van der Waals surface area (Å²) in [5.74, 6) is -0.428. The van der Waals surface area contributed by atoms with E-state index in [1.807, 2.05) is 0 Å². The second-order valence-corrected chi connectivity index (χ2v) is 4.34. The first-order chi connectivity index (χ1) is 10.4. The van der Waals surface area contributed by atoms with Crippen LogP contribution in [-0.2, 0) is 12.7 Å². The van der Waals surface area contributed by atoms with Crippen molar-refractivity contribution in [1.29, 1.82) is 0 Å². The van der Waals surface area contributed by atoms with E-state index in [0.29, 0.717) is 5.56 Å². The fourth-order valence-corrected chi connectivity index (χ4v) is 1.63.